The van der Waals surface area contributed by atoms with Gasteiger partial charge in [-0.05, 0) is 73.7 Å². The fourth-order valence-electron chi connectivity index (χ4n) is 4.40. The van der Waals surface area contributed by atoms with Crippen LogP contribution in [0.1, 0.15) is 44.0 Å². The fraction of sp³-hybridized carbons (Fsp3) is 0.276. The zero-order valence-corrected chi connectivity index (χ0v) is 23.4. The number of carbonyl (C=O) groups excluding carboxylic acids is 2. The molecule has 4 aromatic rings. The van der Waals surface area contributed by atoms with Crippen molar-refractivity contribution in [3.63, 3.8) is 0 Å². The summed E-state index contributed by atoms with van der Waals surface area (Å²) in [5.74, 6) is -1.18. The number of ketones is 1. The molecule has 0 saturated heterocycles. The number of ether oxygens (including phenoxy) is 1. The van der Waals surface area contributed by atoms with Crippen LogP contribution < -0.4 is 10.1 Å². The van der Waals surface area contributed by atoms with E-state index in [1.807, 2.05) is 50.2 Å². The summed E-state index contributed by atoms with van der Waals surface area (Å²) in [6.07, 6.45) is 4.11. The third-order valence-electron chi connectivity index (χ3n) is 6.33. The van der Waals surface area contributed by atoms with Crippen LogP contribution in [0.2, 0.25) is 5.02 Å². The Morgan fingerprint density at radius 3 is 2.46 bits per heavy atom. The number of nitrogens with zero attached hydrogens (tertiary/aromatic N) is 1. The first kappa shape index (κ1) is 28.3. The highest BCUT2D eigenvalue weighted by molar-refractivity contribution is 7.92. The van der Waals surface area contributed by atoms with E-state index in [9.17, 15) is 18.0 Å². The number of aromatic nitrogens is 2. The van der Waals surface area contributed by atoms with Crippen LogP contribution in [0.4, 0.5) is 0 Å². The second kappa shape index (κ2) is 12.4. The Kier molecular flexibility index (Phi) is 9.04. The first-order chi connectivity index (χ1) is 18.6. The summed E-state index contributed by atoms with van der Waals surface area (Å²) in [6.45, 7) is 4.17. The average Bonchev–Trinajstić information content (AvgIpc) is 3.28. The quantitative estimate of drug-likeness (QED) is 0.186. The molecule has 1 amide bonds. The maximum Gasteiger partial charge on any atom is 0.251 e. The Bertz CT molecular complexity index is 1580. The number of hydrogen-bond donors (Lipinski definition) is 2. The van der Waals surface area contributed by atoms with E-state index in [0.29, 0.717) is 30.7 Å². The smallest absolute Gasteiger partial charge is 0.251 e. The first-order valence-corrected chi connectivity index (χ1v) is 14.8. The van der Waals surface area contributed by atoms with Crippen LogP contribution in [0, 0.1) is 13.8 Å². The van der Waals surface area contributed by atoms with Crippen molar-refractivity contribution in [2.45, 2.75) is 26.7 Å². The van der Waals surface area contributed by atoms with Gasteiger partial charge in [0.15, 0.2) is 15.6 Å². The standard InChI is InChI=1S/C29H30ClN3O5S/c1-19-16-22(17-20(2)27(19)30)38-14-5-7-24-23-6-3-4-8-25(23)33-28(24)26(34)18-39(36,37)15-13-32-29(35)21-9-11-31-12-10-21/h3-4,6,8-12,16-17,33H,5,7,13-15,18H2,1-2H3,(H,32,35). The minimum atomic E-state index is -3.77. The SMILES string of the molecule is Cc1cc(OCCCc2c(C(=O)CS(=O)(=O)CCNC(=O)c3ccncc3)[nH]c3ccccc23)cc(C)c1Cl. The predicted octanol–water partition coefficient (Wildman–Crippen LogP) is 4.87. The minimum absolute atomic E-state index is 0.0999. The highest BCUT2D eigenvalue weighted by atomic mass is 35.5. The van der Waals surface area contributed by atoms with Gasteiger partial charge in [0.25, 0.3) is 5.91 Å². The van der Waals surface area contributed by atoms with E-state index in [-0.39, 0.29) is 12.3 Å². The summed E-state index contributed by atoms with van der Waals surface area (Å²) < 4.78 is 31.4. The number of halogens is 1. The number of fused-ring (bicyclic) bond motifs is 1. The normalized spacial score (nSPS) is 11.5. The van der Waals surface area contributed by atoms with E-state index in [2.05, 4.69) is 15.3 Å². The van der Waals surface area contributed by atoms with E-state index in [1.165, 1.54) is 24.5 Å². The van der Waals surface area contributed by atoms with Gasteiger partial charge in [0.1, 0.15) is 11.5 Å². The molecule has 10 heteroatoms. The second-order valence-corrected chi connectivity index (χ2v) is 11.9. The largest absolute Gasteiger partial charge is 0.494 e. The number of benzene rings is 2. The molecule has 0 atom stereocenters. The molecule has 8 nitrogen and oxygen atoms in total. The maximum absolute atomic E-state index is 13.2. The lowest BCUT2D eigenvalue weighted by Gasteiger charge is -2.10. The van der Waals surface area contributed by atoms with Crippen molar-refractivity contribution < 1.29 is 22.7 Å². The van der Waals surface area contributed by atoms with E-state index < -0.39 is 27.3 Å². The predicted molar refractivity (Wildman–Crippen MR) is 153 cm³/mol. The van der Waals surface area contributed by atoms with Gasteiger partial charge in [-0.1, -0.05) is 29.8 Å². The maximum atomic E-state index is 13.2. The highest BCUT2D eigenvalue weighted by Gasteiger charge is 2.23. The molecule has 0 unspecified atom stereocenters. The molecule has 0 fully saturated rings. The molecule has 204 valence electrons. The molecule has 0 aliphatic carbocycles. The Balaban J connectivity index is 1.39. The summed E-state index contributed by atoms with van der Waals surface area (Å²) in [6, 6.07) is 14.4. The third-order valence-corrected chi connectivity index (χ3v) is 8.46. The summed E-state index contributed by atoms with van der Waals surface area (Å²) in [5, 5.41) is 4.17. The molecule has 2 aromatic carbocycles. The molecular formula is C29H30ClN3O5S. The summed E-state index contributed by atoms with van der Waals surface area (Å²) in [5.41, 5.74) is 4.08. The molecule has 0 aliphatic heterocycles. The molecule has 0 saturated carbocycles. The monoisotopic (exact) mass is 567 g/mol. The van der Waals surface area contributed by atoms with Crippen LogP contribution in [-0.4, -0.2) is 54.7 Å². The van der Waals surface area contributed by atoms with Crippen LogP contribution in [0.25, 0.3) is 10.9 Å². The number of amides is 1. The number of rotatable bonds is 12. The summed E-state index contributed by atoms with van der Waals surface area (Å²) >= 11 is 6.24. The molecule has 0 bridgehead atoms. The number of H-pyrrole nitrogens is 1. The number of para-hydroxylation sites is 1. The molecule has 0 radical (unpaired) electrons. The van der Waals surface area contributed by atoms with Gasteiger partial charge in [-0.2, -0.15) is 0 Å². The highest BCUT2D eigenvalue weighted by Crippen LogP contribution is 2.27. The lowest BCUT2D eigenvalue weighted by atomic mass is 10.0. The molecule has 4 rings (SSSR count). The number of pyridine rings is 1. The minimum Gasteiger partial charge on any atom is -0.494 e. The average molecular weight is 568 g/mol. The van der Waals surface area contributed by atoms with Crippen LogP contribution in [-0.2, 0) is 16.3 Å². The zero-order valence-electron chi connectivity index (χ0n) is 21.8. The van der Waals surface area contributed by atoms with Gasteiger partial charge >= 0.3 is 0 Å². The number of hydrogen-bond acceptors (Lipinski definition) is 6. The van der Waals surface area contributed by atoms with Crippen molar-refractivity contribution in [2.75, 3.05) is 24.7 Å². The van der Waals surface area contributed by atoms with E-state index in [4.69, 9.17) is 16.3 Å². The lowest BCUT2D eigenvalue weighted by molar-refractivity contribution is 0.0955. The topological polar surface area (TPSA) is 118 Å². The van der Waals surface area contributed by atoms with Crippen molar-refractivity contribution in [2.24, 2.45) is 0 Å². The number of aryl methyl sites for hydroxylation is 3. The van der Waals surface area contributed by atoms with E-state index in [1.54, 1.807) is 0 Å². The van der Waals surface area contributed by atoms with E-state index >= 15 is 0 Å². The van der Waals surface area contributed by atoms with Gasteiger partial charge < -0.3 is 15.0 Å². The molecule has 0 spiro atoms. The van der Waals surface area contributed by atoms with E-state index in [0.717, 1.165) is 38.4 Å². The molecule has 39 heavy (non-hydrogen) atoms. The molecule has 2 aromatic heterocycles. The van der Waals surface area contributed by atoms with Crippen molar-refractivity contribution >= 4 is 44.0 Å². The Labute approximate surface area is 232 Å². The van der Waals surface area contributed by atoms with Crippen LogP contribution >= 0.6 is 11.6 Å². The van der Waals surface area contributed by atoms with Gasteiger partial charge in [0.2, 0.25) is 0 Å². The number of aromatic amines is 1. The van der Waals surface area contributed by atoms with Crippen molar-refractivity contribution in [3.05, 3.63) is 93.9 Å². The molecular weight excluding hydrogens is 538 g/mol. The summed E-state index contributed by atoms with van der Waals surface area (Å²) in [7, 11) is -3.77. The third kappa shape index (κ3) is 7.25. The van der Waals surface area contributed by atoms with Crippen molar-refractivity contribution in [1.82, 2.24) is 15.3 Å². The van der Waals surface area contributed by atoms with Gasteiger partial charge in [0.05, 0.1) is 18.1 Å². The number of sulfone groups is 1. The van der Waals surface area contributed by atoms with Gasteiger partial charge in [-0.3, -0.25) is 14.6 Å². The summed E-state index contributed by atoms with van der Waals surface area (Å²) in [4.78, 5) is 32.3. The number of nitrogens with one attached hydrogen (secondary N) is 2. The first-order valence-electron chi connectivity index (χ1n) is 12.6. The van der Waals surface area contributed by atoms with Gasteiger partial charge in [0, 0.05) is 40.4 Å². The zero-order chi connectivity index (χ0) is 28.0. The van der Waals surface area contributed by atoms with Gasteiger partial charge in [-0.15, -0.1) is 0 Å². The van der Waals surface area contributed by atoms with Crippen molar-refractivity contribution in [3.8, 4) is 5.75 Å². The van der Waals surface area contributed by atoms with Crippen molar-refractivity contribution in [1.29, 1.82) is 0 Å². The van der Waals surface area contributed by atoms with Gasteiger partial charge in [-0.25, -0.2) is 8.42 Å². The Hall–Kier alpha value is -3.69. The fourth-order valence-corrected chi connectivity index (χ4v) is 5.61. The Morgan fingerprint density at radius 2 is 1.74 bits per heavy atom. The lowest BCUT2D eigenvalue weighted by Crippen LogP contribution is -2.31. The molecule has 0 aliphatic rings. The number of carbonyl (C=O) groups is 2. The molecule has 2 N–H and O–H groups in total. The van der Waals surface area contributed by atoms with Crippen LogP contribution in [0.5, 0.6) is 5.75 Å². The second-order valence-electron chi connectivity index (χ2n) is 9.35. The molecule has 2 heterocycles. The van der Waals surface area contributed by atoms with Crippen LogP contribution in [0.15, 0.2) is 60.9 Å². The van der Waals surface area contributed by atoms with Crippen LogP contribution in [0.3, 0.4) is 0 Å². The Morgan fingerprint density at radius 1 is 1.05 bits per heavy atom. The number of Topliss-reactive ketones (excluding diaryl/α,β-unsaturated/α-hetero) is 1.